The first-order valence-electron chi connectivity index (χ1n) is 12.0. The van der Waals surface area contributed by atoms with Crippen LogP contribution in [0.15, 0.2) is 0 Å². The van der Waals surface area contributed by atoms with Crippen LogP contribution in [0.4, 0.5) is 4.79 Å². The van der Waals surface area contributed by atoms with Gasteiger partial charge in [-0.05, 0) is 18.3 Å². The smallest absolute Gasteiger partial charge is 0.407 e. The SMILES string of the molecule is CC(C)[C@H](NC(=O)CCOCCOCCN)C(=O)N[C@@H](C)C(=O)NCCNC(=O)OCC(C)(C)C. The highest BCUT2D eigenvalue weighted by Crippen LogP contribution is 2.12. The normalized spacial score (nSPS) is 13.0. The summed E-state index contributed by atoms with van der Waals surface area (Å²) in [5.74, 6) is -1.40. The lowest BCUT2D eigenvalue weighted by Crippen LogP contribution is -2.55. The van der Waals surface area contributed by atoms with Crippen molar-refractivity contribution in [2.45, 2.75) is 60.0 Å². The number of nitrogens with two attached hydrogens (primary N) is 1. The van der Waals surface area contributed by atoms with E-state index in [-0.39, 0.29) is 50.0 Å². The van der Waals surface area contributed by atoms with Gasteiger partial charge in [-0.3, -0.25) is 14.4 Å². The Morgan fingerprint density at radius 3 is 2.00 bits per heavy atom. The molecular formula is C23H45N5O7. The molecule has 0 saturated carbocycles. The molecule has 204 valence electrons. The summed E-state index contributed by atoms with van der Waals surface area (Å²) in [6.07, 6.45) is -0.467. The van der Waals surface area contributed by atoms with Gasteiger partial charge in [0, 0.05) is 26.1 Å². The summed E-state index contributed by atoms with van der Waals surface area (Å²) >= 11 is 0. The lowest BCUT2D eigenvalue weighted by atomic mass is 9.99. The van der Waals surface area contributed by atoms with Crippen molar-refractivity contribution in [2.75, 3.05) is 52.7 Å². The number of alkyl carbamates (subject to hydrolysis) is 1. The van der Waals surface area contributed by atoms with Crippen molar-refractivity contribution in [3.05, 3.63) is 0 Å². The Balaban J connectivity index is 4.30. The van der Waals surface area contributed by atoms with E-state index in [0.29, 0.717) is 26.4 Å². The zero-order chi connectivity index (χ0) is 26.9. The Kier molecular flexibility index (Phi) is 16.7. The Labute approximate surface area is 208 Å². The maximum absolute atomic E-state index is 12.6. The van der Waals surface area contributed by atoms with Gasteiger partial charge in [0.15, 0.2) is 0 Å². The second kappa shape index (κ2) is 17.9. The van der Waals surface area contributed by atoms with Gasteiger partial charge in [0.2, 0.25) is 17.7 Å². The van der Waals surface area contributed by atoms with Crippen LogP contribution in [-0.4, -0.2) is 88.6 Å². The molecule has 12 heteroatoms. The Morgan fingerprint density at radius 1 is 0.829 bits per heavy atom. The van der Waals surface area contributed by atoms with Crippen molar-refractivity contribution >= 4 is 23.8 Å². The van der Waals surface area contributed by atoms with Crippen LogP contribution in [0.3, 0.4) is 0 Å². The fourth-order valence-corrected chi connectivity index (χ4v) is 2.56. The van der Waals surface area contributed by atoms with E-state index in [1.165, 1.54) is 6.92 Å². The predicted molar refractivity (Wildman–Crippen MR) is 131 cm³/mol. The number of rotatable bonds is 17. The van der Waals surface area contributed by atoms with E-state index >= 15 is 0 Å². The summed E-state index contributed by atoms with van der Waals surface area (Å²) in [6, 6.07) is -1.63. The number of carbonyl (C=O) groups is 4. The zero-order valence-corrected chi connectivity index (χ0v) is 22.0. The monoisotopic (exact) mass is 503 g/mol. The molecule has 0 aliphatic carbocycles. The molecule has 6 N–H and O–H groups in total. The molecule has 0 radical (unpaired) electrons. The summed E-state index contributed by atoms with van der Waals surface area (Å²) in [7, 11) is 0. The molecule has 0 aromatic heterocycles. The molecule has 0 saturated heterocycles. The van der Waals surface area contributed by atoms with Gasteiger partial charge >= 0.3 is 6.09 Å². The van der Waals surface area contributed by atoms with Crippen molar-refractivity contribution in [1.82, 2.24) is 21.3 Å². The molecule has 0 rings (SSSR count). The zero-order valence-electron chi connectivity index (χ0n) is 22.0. The third kappa shape index (κ3) is 17.6. The van der Waals surface area contributed by atoms with Crippen LogP contribution < -0.4 is 27.0 Å². The first-order valence-corrected chi connectivity index (χ1v) is 12.0. The van der Waals surface area contributed by atoms with E-state index in [4.69, 9.17) is 19.9 Å². The van der Waals surface area contributed by atoms with E-state index in [1.54, 1.807) is 13.8 Å². The van der Waals surface area contributed by atoms with E-state index in [1.807, 2.05) is 20.8 Å². The highest BCUT2D eigenvalue weighted by molar-refractivity contribution is 5.92. The number of hydrogen-bond donors (Lipinski definition) is 5. The quantitative estimate of drug-likeness (QED) is 0.171. The van der Waals surface area contributed by atoms with Crippen molar-refractivity contribution in [3.8, 4) is 0 Å². The van der Waals surface area contributed by atoms with Gasteiger partial charge in [0.05, 0.1) is 33.0 Å². The van der Waals surface area contributed by atoms with E-state index in [0.717, 1.165) is 0 Å². The van der Waals surface area contributed by atoms with Gasteiger partial charge in [0.1, 0.15) is 12.1 Å². The third-order valence-corrected chi connectivity index (χ3v) is 4.46. The number of carbonyl (C=O) groups excluding carboxylic acids is 4. The Hall–Kier alpha value is -2.44. The van der Waals surface area contributed by atoms with Crippen LogP contribution in [-0.2, 0) is 28.6 Å². The number of nitrogens with one attached hydrogen (secondary N) is 4. The number of hydrogen-bond acceptors (Lipinski definition) is 8. The summed E-state index contributed by atoms with van der Waals surface area (Å²) in [5, 5.41) is 10.5. The highest BCUT2D eigenvalue weighted by Gasteiger charge is 2.26. The molecule has 4 amide bonds. The van der Waals surface area contributed by atoms with Crippen LogP contribution >= 0.6 is 0 Å². The molecule has 2 atom stereocenters. The molecule has 0 aliphatic heterocycles. The number of ether oxygens (including phenoxy) is 3. The predicted octanol–water partition coefficient (Wildman–Crippen LogP) is -0.0976. The van der Waals surface area contributed by atoms with Gasteiger partial charge in [-0.15, -0.1) is 0 Å². The van der Waals surface area contributed by atoms with Gasteiger partial charge in [-0.2, -0.15) is 0 Å². The lowest BCUT2D eigenvalue weighted by Gasteiger charge is -2.24. The summed E-state index contributed by atoms with van der Waals surface area (Å²) < 4.78 is 15.6. The molecule has 0 aliphatic rings. The van der Waals surface area contributed by atoms with Gasteiger partial charge in [-0.25, -0.2) is 4.79 Å². The van der Waals surface area contributed by atoms with Gasteiger partial charge in [-0.1, -0.05) is 34.6 Å². The maximum atomic E-state index is 12.6. The molecule has 0 heterocycles. The average Bonchev–Trinajstić information content (AvgIpc) is 2.77. The van der Waals surface area contributed by atoms with E-state index in [9.17, 15) is 19.2 Å². The van der Waals surface area contributed by atoms with E-state index < -0.39 is 30.0 Å². The van der Waals surface area contributed by atoms with Crippen molar-refractivity contribution in [1.29, 1.82) is 0 Å². The molecule has 12 nitrogen and oxygen atoms in total. The van der Waals surface area contributed by atoms with E-state index in [2.05, 4.69) is 21.3 Å². The summed E-state index contributed by atoms with van der Waals surface area (Å²) in [4.78, 5) is 48.7. The standard InChI is InChI=1S/C23H45N5O7/c1-16(2)19(28-18(29)7-11-33-13-14-34-12-8-24)21(31)27-17(3)20(30)25-9-10-26-22(32)35-15-23(4,5)6/h16-17,19H,7-15,24H2,1-6H3,(H,25,30)(H,26,32)(H,27,31)(H,28,29)/t17-,19-/m0/s1. The molecule has 0 bridgehead atoms. The molecule has 0 aromatic rings. The minimum atomic E-state index is -0.828. The van der Waals surface area contributed by atoms with Crippen LogP contribution in [0.1, 0.15) is 48.0 Å². The van der Waals surface area contributed by atoms with Gasteiger partial charge in [0.25, 0.3) is 0 Å². The van der Waals surface area contributed by atoms with Gasteiger partial charge < -0.3 is 41.2 Å². The number of amides is 4. The second-order valence-electron chi connectivity index (χ2n) is 9.64. The van der Waals surface area contributed by atoms with Crippen LogP contribution in [0, 0.1) is 11.3 Å². The molecule has 0 aromatic carbocycles. The molecule has 0 fully saturated rings. The second-order valence-corrected chi connectivity index (χ2v) is 9.64. The minimum absolute atomic E-state index is 0.0919. The van der Waals surface area contributed by atoms with Crippen LogP contribution in [0.25, 0.3) is 0 Å². The summed E-state index contributed by atoms with van der Waals surface area (Å²) in [6.45, 7) is 13.4. The molecule has 35 heavy (non-hydrogen) atoms. The third-order valence-electron chi connectivity index (χ3n) is 4.46. The first-order chi connectivity index (χ1) is 16.4. The fraction of sp³-hybridized carbons (Fsp3) is 0.826. The fourth-order valence-electron chi connectivity index (χ4n) is 2.56. The average molecular weight is 504 g/mol. The summed E-state index contributed by atoms with van der Waals surface area (Å²) in [5.41, 5.74) is 5.18. The first kappa shape index (κ1) is 32.6. The largest absolute Gasteiger partial charge is 0.449 e. The minimum Gasteiger partial charge on any atom is -0.449 e. The van der Waals surface area contributed by atoms with Crippen LogP contribution in [0.5, 0.6) is 0 Å². The molecule has 0 unspecified atom stereocenters. The topological polar surface area (TPSA) is 170 Å². The molecular weight excluding hydrogens is 458 g/mol. The Morgan fingerprint density at radius 2 is 1.43 bits per heavy atom. The molecule has 0 spiro atoms. The van der Waals surface area contributed by atoms with Crippen LogP contribution in [0.2, 0.25) is 0 Å². The van der Waals surface area contributed by atoms with Crippen molar-refractivity contribution in [2.24, 2.45) is 17.1 Å². The maximum Gasteiger partial charge on any atom is 0.407 e. The van der Waals surface area contributed by atoms with Crippen molar-refractivity contribution in [3.63, 3.8) is 0 Å². The highest BCUT2D eigenvalue weighted by atomic mass is 16.5. The Bertz CT molecular complexity index is 653. The van der Waals surface area contributed by atoms with Crippen molar-refractivity contribution < 1.29 is 33.4 Å². The lowest BCUT2D eigenvalue weighted by molar-refractivity contribution is -0.133.